The van der Waals surface area contributed by atoms with E-state index in [1.54, 1.807) is 6.92 Å². The van der Waals surface area contributed by atoms with Gasteiger partial charge in [-0.05, 0) is 6.92 Å². The van der Waals surface area contributed by atoms with Crippen LogP contribution in [0.1, 0.15) is 6.92 Å². The maximum Gasteiger partial charge on any atom is 0.0923 e. The summed E-state index contributed by atoms with van der Waals surface area (Å²) in [6, 6.07) is 0. The van der Waals surface area contributed by atoms with Crippen LogP contribution in [0, 0.1) is 5.41 Å². The van der Waals surface area contributed by atoms with Crippen molar-refractivity contribution in [1.29, 1.82) is 5.41 Å². The van der Waals surface area contributed by atoms with Crippen LogP contribution < -0.4 is 0 Å². The number of amidine groups is 1. The first-order valence-electron chi connectivity index (χ1n) is 3.27. The normalized spacial score (nSPS) is 9.73. The van der Waals surface area contributed by atoms with E-state index in [4.69, 9.17) is 5.41 Å². The molecule has 0 aromatic heterocycles. The largest absolute Gasteiger partial charge is 0.363 e. The summed E-state index contributed by atoms with van der Waals surface area (Å²) >= 11 is 1.24. The Bertz CT molecular complexity index is 121. The number of hydrogen-bond donors (Lipinski definition) is 1. The van der Waals surface area contributed by atoms with E-state index < -0.39 is 0 Å². The lowest BCUT2D eigenvalue weighted by Gasteiger charge is -2.15. The zero-order chi connectivity index (χ0) is 8.69. The van der Waals surface area contributed by atoms with Crippen LogP contribution in [0.5, 0.6) is 0 Å². The van der Waals surface area contributed by atoms with Crippen LogP contribution in [0.15, 0.2) is 0 Å². The molecule has 0 atom stereocenters. The van der Waals surface area contributed by atoms with Gasteiger partial charge in [-0.3, -0.25) is 5.41 Å². The Morgan fingerprint density at radius 2 is 2.27 bits per heavy atom. The maximum atomic E-state index is 7.23. The van der Waals surface area contributed by atoms with Crippen molar-refractivity contribution in [2.75, 3.05) is 26.5 Å². The molecule has 5 heteroatoms. The summed E-state index contributed by atoms with van der Waals surface area (Å²) in [5.41, 5.74) is 0. The molecular weight excluding hydrogens is 164 g/mol. The molecule has 0 rings (SSSR count). The molecule has 4 nitrogen and oxygen atoms in total. The van der Waals surface area contributed by atoms with Crippen LogP contribution in [0.3, 0.4) is 0 Å². The van der Waals surface area contributed by atoms with Crippen LogP contribution in [-0.4, -0.2) is 37.2 Å². The fourth-order valence-corrected chi connectivity index (χ4v) is 0.937. The van der Waals surface area contributed by atoms with Gasteiger partial charge < -0.3 is 4.90 Å². The first-order valence-corrected chi connectivity index (χ1v) is 4.18. The molecule has 0 bridgehead atoms. The third kappa shape index (κ3) is 6.15. The number of nitrogens with zero attached hydrogens (tertiary/aromatic N) is 1. The summed E-state index contributed by atoms with van der Waals surface area (Å²) in [7, 11) is 3.34. The predicted molar refractivity (Wildman–Crippen MR) is 46.6 cm³/mol. The highest BCUT2D eigenvalue weighted by molar-refractivity contribution is 7.94. The molecule has 0 unspecified atom stereocenters. The number of rotatable bonds is 5. The molecule has 1 N–H and O–H groups in total. The van der Waals surface area contributed by atoms with Crippen molar-refractivity contribution >= 4 is 17.9 Å². The van der Waals surface area contributed by atoms with E-state index in [0.717, 1.165) is 12.3 Å². The molecule has 0 aliphatic heterocycles. The second-order valence-corrected chi connectivity index (χ2v) is 2.84. The molecule has 0 fully saturated rings. The SMILES string of the molecule is COOSCCN(C)C(C)=N. The summed E-state index contributed by atoms with van der Waals surface area (Å²) in [5.74, 6) is 1.35. The lowest BCUT2D eigenvalue weighted by molar-refractivity contribution is -0.160. The Hall–Kier alpha value is -0.260. The van der Waals surface area contributed by atoms with E-state index in [0.29, 0.717) is 5.84 Å². The molecule has 66 valence electrons. The van der Waals surface area contributed by atoms with Crippen LogP contribution >= 0.6 is 12.0 Å². The second kappa shape index (κ2) is 6.45. The smallest absolute Gasteiger partial charge is 0.0923 e. The third-order valence-electron chi connectivity index (χ3n) is 1.20. The van der Waals surface area contributed by atoms with Crippen molar-refractivity contribution in [1.82, 2.24) is 4.90 Å². The first-order chi connectivity index (χ1) is 5.18. The highest BCUT2D eigenvalue weighted by Gasteiger charge is 1.97. The Labute approximate surface area is 71.5 Å². The molecule has 0 amide bonds. The van der Waals surface area contributed by atoms with Gasteiger partial charge in [-0.25, -0.2) is 4.89 Å². The van der Waals surface area contributed by atoms with Gasteiger partial charge >= 0.3 is 0 Å². The van der Waals surface area contributed by atoms with Gasteiger partial charge in [-0.2, -0.15) is 4.33 Å². The van der Waals surface area contributed by atoms with Gasteiger partial charge in [-0.15, -0.1) is 0 Å². The molecule has 0 aromatic carbocycles. The average molecular weight is 178 g/mol. The minimum Gasteiger partial charge on any atom is -0.363 e. The molecule has 0 saturated heterocycles. The molecule has 0 radical (unpaired) electrons. The van der Waals surface area contributed by atoms with Crippen molar-refractivity contribution in [3.05, 3.63) is 0 Å². The van der Waals surface area contributed by atoms with Gasteiger partial charge in [-0.1, -0.05) is 0 Å². The fourth-order valence-electron chi connectivity index (χ4n) is 0.424. The van der Waals surface area contributed by atoms with E-state index in [2.05, 4.69) is 9.22 Å². The summed E-state index contributed by atoms with van der Waals surface area (Å²) < 4.78 is 4.58. The molecule has 0 aromatic rings. The molecule has 0 aliphatic rings. The summed E-state index contributed by atoms with van der Waals surface area (Å²) in [5, 5.41) is 7.23. The van der Waals surface area contributed by atoms with Gasteiger partial charge in [0.2, 0.25) is 0 Å². The molecule has 0 spiro atoms. The van der Waals surface area contributed by atoms with Gasteiger partial charge in [0.25, 0.3) is 0 Å². The van der Waals surface area contributed by atoms with Crippen molar-refractivity contribution in [3.63, 3.8) is 0 Å². The van der Waals surface area contributed by atoms with Gasteiger partial charge in [0.15, 0.2) is 0 Å². The third-order valence-corrected chi connectivity index (χ3v) is 1.78. The molecular formula is C6H14N2O2S. The van der Waals surface area contributed by atoms with Crippen molar-refractivity contribution in [2.24, 2.45) is 0 Å². The standard InChI is InChI=1S/C6H14N2O2S/c1-6(7)8(2)4-5-11-10-9-3/h7H,4-5H2,1-3H3. The Balaban J connectivity index is 3.17. The number of nitrogens with one attached hydrogen (secondary N) is 1. The van der Waals surface area contributed by atoms with Crippen molar-refractivity contribution in [2.45, 2.75) is 6.92 Å². The van der Waals surface area contributed by atoms with Crippen molar-refractivity contribution < 1.29 is 9.22 Å². The average Bonchev–Trinajstić information content (AvgIpc) is 1.97. The fraction of sp³-hybridized carbons (Fsp3) is 0.833. The minimum atomic E-state index is 0.558. The zero-order valence-corrected chi connectivity index (χ0v) is 7.90. The maximum absolute atomic E-state index is 7.23. The molecule has 0 saturated carbocycles. The highest BCUT2D eigenvalue weighted by atomic mass is 32.2. The number of hydrogen-bond acceptors (Lipinski definition) is 4. The Kier molecular flexibility index (Phi) is 6.30. The lowest BCUT2D eigenvalue weighted by Crippen LogP contribution is -2.25. The first kappa shape index (κ1) is 10.7. The summed E-state index contributed by atoms with van der Waals surface area (Å²) in [6.45, 7) is 2.55. The molecule has 0 aliphatic carbocycles. The Morgan fingerprint density at radius 3 is 2.73 bits per heavy atom. The predicted octanol–water partition coefficient (Wildman–Crippen LogP) is 1.14. The minimum absolute atomic E-state index is 0.558. The van der Waals surface area contributed by atoms with Crippen LogP contribution in [-0.2, 0) is 9.22 Å². The summed E-state index contributed by atoms with van der Waals surface area (Å²) in [4.78, 5) is 6.21. The Morgan fingerprint density at radius 1 is 1.64 bits per heavy atom. The van der Waals surface area contributed by atoms with Gasteiger partial charge in [0.05, 0.1) is 12.9 Å². The second-order valence-electron chi connectivity index (χ2n) is 2.06. The van der Waals surface area contributed by atoms with E-state index in [1.165, 1.54) is 19.2 Å². The molecule has 0 heterocycles. The van der Waals surface area contributed by atoms with Gasteiger partial charge in [0.1, 0.15) is 0 Å². The zero-order valence-electron chi connectivity index (χ0n) is 7.09. The summed E-state index contributed by atoms with van der Waals surface area (Å²) in [6.07, 6.45) is 0. The van der Waals surface area contributed by atoms with E-state index in [-0.39, 0.29) is 0 Å². The van der Waals surface area contributed by atoms with Crippen LogP contribution in [0.4, 0.5) is 0 Å². The van der Waals surface area contributed by atoms with Crippen LogP contribution in [0.25, 0.3) is 0 Å². The monoisotopic (exact) mass is 178 g/mol. The van der Waals surface area contributed by atoms with E-state index in [1.807, 2.05) is 11.9 Å². The lowest BCUT2D eigenvalue weighted by atomic mass is 10.5. The quantitative estimate of drug-likeness (QED) is 0.171. The van der Waals surface area contributed by atoms with E-state index >= 15 is 0 Å². The highest BCUT2D eigenvalue weighted by Crippen LogP contribution is 2.01. The molecule has 11 heavy (non-hydrogen) atoms. The topological polar surface area (TPSA) is 45.6 Å². The van der Waals surface area contributed by atoms with E-state index in [9.17, 15) is 0 Å². The van der Waals surface area contributed by atoms with Gasteiger partial charge in [0, 0.05) is 31.4 Å². The van der Waals surface area contributed by atoms with Crippen LogP contribution in [0.2, 0.25) is 0 Å². The van der Waals surface area contributed by atoms with Crippen molar-refractivity contribution in [3.8, 4) is 0 Å².